The Balaban J connectivity index is 2.05. The van der Waals surface area contributed by atoms with Gasteiger partial charge in [-0.05, 0) is 84.1 Å². The summed E-state index contributed by atoms with van der Waals surface area (Å²) in [4.78, 5) is 20.4. The molecule has 0 amide bonds. The fourth-order valence-electron chi connectivity index (χ4n) is 3.99. The maximum absolute atomic E-state index is 11.2. The van der Waals surface area contributed by atoms with Crippen molar-refractivity contribution in [1.82, 2.24) is 4.90 Å². The first-order valence-corrected chi connectivity index (χ1v) is 13.7. The molecule has 3 aromatic rings. The Hall–Kier alpha value is -2.89. The molecule has 6 nitrogen and oxygen atoms in total. The van der Waals surface area contributed by atoms with Gasteiger partial charge in [0.05, 0.1) is 0 Å². The first-order valence-electron chi connectivity index (χ1n) is 12.1. The molecule has 0 bridgehead atoms. The average Bonchev–Trinajstić information content (AvgIpc) is 2.83. The van der Waals surface area contributed by atoms with Crippen LogP contribution in [0.1, 0.15) is 55.4 Å². The molecule has 0 aromatic heterocycles. The second-order valence-corrected chi connectivity index (χ2v) is 10.4. The molecule has 0 spiro atoms. The third kappa shape index (κ3) is 7.81. The van der Waals surface area contributed by atoms with Crippen LogP contribution in [0.5, 0.6) is 11.5 Å². The van der Waals surface area contributed by atoms with E-state index >= 15 is 0 Å². The third-order valence-corrected chi connectivity index (χ3v) is 6.35. The van der Waals surface area contributed by atoms with Gasteiger partial charge in [-0.2, -0.15) is 0 Å². The normalized spacial score (nSPS) is 12.6. The Labute approximate surface area is 214 Å². The minimum absolute atomic E-state index is 0.121. The number of phosphoric acid groups is 1. The first-order chi connectivity index (χ1) is 17.1. The number of nitrogens with zero attached hydrogens (tertiary/aromatic N) is 1. The van der Waals surface area contributed by atoms with Gasteiger partial charge in [0.2, 0.25) is 0 Å². The number of hydrogen-bond donors (Lipinski definition) is 2. The highest BCUT2D eigenvalue weighted by molar-refractivity contribution is 7.46. The van der Waals surface area contributed by atoms with Gasteiger partial charge in [-0.3, -0.25) is 9.79 Å². The molecular weight excluding hydrogens is 473 g/mol. The molecule has 3 aromatic carbocycles. The van der Waals surface area contributed by atoms with Crippen LogP contribution in [0.3, 0.4) is 0 Å². The second-order valence-electron chi connectivity index (χ2n) is 9.27. The minimum atomic E-state index is -4.62. The zero-order valence-electron chi connectivity index (χ0n) is 21.6. The van der Waals surface area contributed by atoms with Crippen LogP contribution < -0.4 is 9.26 Å². The summed E-state index contributed by atoms with van der Waals surface area (Å²) in [6.45, 7) is 7.94. The van der Waals surface area contributed by atoms with Gasteiger partial charge >= 0.3 is 7.82 Å². The molecule has 0 fully saturated rings. The van der Waals surface area contributed by atoms with Crippen LogP contribution in [0, 0.1) is 0 Å². The fourth-order valence-corrected chi connectivity index (χ4v) is 4.39. The molecule has 36 heavy (non-hydrogen) atoms. The highest BCUT2D eigenvalue weighted by atomic mass is 31.2. The van der Waals surface area contributed by atoms with Crippen molar-refractivity contribution in [3.8, 4) is 11.5 Å². The lowest BCUT2D eigenvalue weighted by Crippen LogP contribution is -2.19. The molecule has 7 heteroatoms. The van der Waals surface area contributed by atoms with Crippen molar-refractivity contribution in [3.63, 3.8) is 0 Å². The van der Waals surface area contributed by atoms with E-state index in [1.807, 2.05) is 38.4 Å². The highest BCUT2D eigenvalue weighted by Crippen LogP contribution is 2.40. The molecule has 0 heterocycles. The number of ether oxygens (including phenoxy) is 1. The Morgan fingerprint density at radius 2 is 1.33 bits per heavy atom. The molecule has 0 atom stereocenters. The first kappa shape index (κ1) is 27.7. The van der Waals surface area contributed by atoms with Gasteiger partial charge < -0.3 is 14.2 Å². The summed E-state index contributed by atoms with van der Waals surface area (Å²) in [5.74, 6) is 1.38. The van der Waals surface area contributed by atoms with E-state index in [4.69, 9.17) is 19.0 Å². The van der Waals surface area contributed by atoms with Gasteiger partial charge in [0, 0.05) is 6.54 Å². The monoisotopic (exact) mass is 509 g/mol. The third-order valence-electron chi connectivity index (χ3n) is 5.90. The van der Waals surface area contributed by atoms with Gasteiger partial charge in [0.1, 0.15) is 18.1 Å². The van der Waals surface area contributed by atoms with Crippen molar-refractivity contribution in [2.75, 3.05) is 27.2 Å². The van der Waals surface area contributed by atoms with Crippen LogP contribution in [-0.4, -0.2) is 41.9 Å². The van der Waals surface area contributed by atoms with Crippen LogP contribution >= 0.6 is 7.82 Å². The van der Waals surface area contributed by atoms with E-state index in [0.29, 0.717) is 12.5 Å². The lowest BCUT2D eigenvalue weighted by molar-refractivity contribution is 0.261. The average molecular weight is 510 g/mol. The van der Waals surface area contributed by atoms with E-state index in [-0.39, 0.29) is 5.75 Å². The van der Waals surface area contributed by atoms with Crippen molar-refractivity contribution in [2.45, 2.75) is 33.1 Å². The summed E-state index contributed by atoms with van der Waals surface area (Å²) in [6, 6.07) is 23.6. The maximum Gasteiger partial charge on any atom is 0.524 e. The van der Waals surface area contributed by atoms with E-state index in [1.165, 1.54) is 11.1 Å². The molecule has 0 radical (unpaired) electrons. The molecule has 0 unspecified atom stereocenters. The molecule has 0 aliphatic carbocycles. The SMILES string of the molecule is CC/C(=C(/c1ccc(OCCN(C)C)cc1)c1ccc(OP(=O)(O)O)cc1)c1ccc(C(C)C)cc1. The van der Waals surface area contributed by atoms with Gasteiger partial charge in [-0.25, -0.2) is 4.57 Å². The van der Waals surface area contributed by atoms with Crippen molar-refractivity contribution in [2.24, 2.45) is 0 Å². The summed E-state index contributed by atoms with van der Waals surface area (Å²) >= 11 is 0. The summed E-state index contributed by atoms with van der Waals surface area (Å²) in [7, 11) is -0.593. The van der Waals surface area contributed by atoms with E-state index in [0.717, 1.165) is 41.0 Å². The van der Waals surface area contributed by atoms with E-state index in [2.05, 4.69) is 62.1 Å². The predicted molar refractivity (Wildman–Crippen MR) is 146 cm³/mol. The number of hydrogen-bond acceptors (Lipinski definition) is 4. The van der Waals surface area contributed by atoms with Gasteiger partial charge in [-0.15, -0.1) is 0 Å². The molecule has 0 aliphatic rings. The van der Waals surface area contributed by atoms with Crippen molar-refractivity contribution in [3.05, 3.63) is 95.1 Å². The minimum Gasteiger partial charge on any atom is -0.492 e. The fraction of sp³-hybridized carbons (Fsp3) is 0.310. The predicted octanol–water partition coefficient (Wildman–Crippen LogP) is 6.59. The second kappa shape index (κ2) is 12.4. The quantitative estimate of drug-likeness (QED) is 0.224. The zero-order chi connectivity index (χ0) is 26.3. The smallest absolute Gasteiger partial charge is 0.492 e. The van der Waals surface area contributed by atoms with Crippen LogP contribution in [0.2, 0.25) is 0 Å². The van der Waals surface area contributed by atoms with Crippen LogP contribution in [-0.2, 0) is 4.57 Å². The van der Waals surface area contributed by atoms with E-state index in [9.17, 15) is 4.57 Å². The number of benzene rings is 3. The molecule has 0 saturated carbocycles. The summed E-state index contributed by atoms with van der Waals surface area (Å²) in [5.41, 5.74) is 6.61. The largest absolute Gasteiger partial charge is 0.524 e. The number of phosphoric ester groups is 1. The van der Waals surface area contributed by atoms with Gasteiger partial charge in [0.25, 0.3) is 0 Å². The Morgan fingerprint density at radius 3 is 1.78 bits per heavy atom. The van der Waals surface area contributed by atoms with Crippen molar-refractivity contribution in [1.29, 1.82) is 0 Å². The maximum atomic E-state index is 11.2. The van der Waals surface area contributed by atoms with Gasteiger partial charge in [-0.1, -0.05) is 69.3 Å². The number of likely N-dealkylation sites (N-methyl/N-ethyl adjacent to an activating group) is 1. The van der Waals surface area contributed by atoms with E-state index < -0.39 is 7.82 Å². The molecule has 0 saturated heterocycles. The Morgan fingerprint density at radius 1 is 0.833 bits per heavy atom. The summed E-state index contributed by atoms with van der Waals surface area (Å²) in [5, 5.41) is 0. The van der Waals surface area contributed by atoms with Crippen molar-refractivity contribution >= 4 is 19.0 Å². The molecule has 0 aliphatic heterocycles. The molecule has 3 rings (SSSR count). The highest BCUT2D eigenvalue weighted by Gasteiger charge is 2.17. The lowest BCUT2D eigenvalue weighted by Gasteiger charge is -2.18. The standard InChI is InChI=1S/C29H36NO5P/c1-6-28(23-9-7-22(8-10-23)21(2)3)29(25-13-17-27(18-14-25)35-36(31,32)33)24-11-15-26(16-12-24)34-20-19-30(4)5/h7-18,21H,6,19-20H2,1-5H3,(H2,31,32,33)/b29-28+. The van der Waals surface area contributed by atoms with Crippen LogP contribution in [0.15, 0.2) is 72.8 Å². The molecule has 2 N–H and O–H groups in total. The lowest BCUT2D eigenvalue weighted by atomic mass is 9.87. The molecular formula is C29H36NO5P. The summed E-state index contributed by atoms with van der Waals surface area (Å²) in [6.07, 6.45) is 0.804. The van der Waals surface area contributed by atoms with Crippen LogP contribution in [0.4, 0.5) is 0 Å². The summed E-state index contributed by atoms with van der Waals surface area (Å²) < 4.78 is 21.9. The zero-order valence-corrected chi connectivity index (χ0v) is 22.5. The topological polar surface area (TPSA) is 79.2 Å². The van der Waals surface area contributed by atoms with Crippen LogP contribution in [0.25, 0.3) is 11.1 Å². The molecule has 192 valence electrons. The number of allylic oxidation sites excluding steroid dienone is 1. The van der Waals surface area contributed by atoms with Crippen molar-refractivity contribution < 1.29 is 23.6 Å². The van der Waals surface area contributed by atoms with E-state index in [1.54, 1.807) is 12.1 Å². The van der Waals surface area contributed by atoms with Gasteiger partial charge in [0.15, 0.2) is 0 Å². The Bertz CT molecular complexity index is 1190. The Kier molecular flexibility index (Phi) is 9.52. The number of rotatable bonds is 11.